The number of epoxide rings is 2. The molecule has 2 aliphatic heterocycles. The number of hydrogen-bond acceptors (Lipinski definition) is 6. The first kappa shape index (κ1) is 30.9. The first-order chi connectivity index (χ1) is 18.3. The number of methoxy groups -OCH3 is 1. The molecule has 2 amide bonds. The zero-order valence-corrected chi connectivity index (χ0v) is 24.4. The fourth-order valence-corrected chi connectivity index (χ4v) is 6.10. The number of ether oxygens (including phenoxy) is 4. The number of rotatable bonds is 17. The van der Waals surface area contributed by atoms with Crippen molar-refractivity contribution in [3.63, 3.8) is 0 Å². The number of amides is 2. The number of alkyl carbamates (subject to hydrolysis) is 1. The highest BCUT2D eigenvalue weighted by Crippen LogP contribution is 2.59. The maximum absolute atomic E-state index is 12.6. The molecule has 1 spiro atoms. The molecule has 2 N–H and O–H groups in total. The highest BCUT2D eigenvalue weighted by atomic mass is 16.6. The van der Waals surface area contributed by atoms with Crippen LogP contribution < -0.4 is 10.6 Å². The third-order valence-electron chi connectivity index (χ3n) is 8.51. The van der Waals surface area contributed by atoms with E-state index in [-0.39, 0.29) is 47.4 Å². The summed E-state index contributed by atoms with van der Waals surface area (Å²) in [4.78, 5) is 23.8. The largest absolute Gasteiger partial charge is 0.443 e. The molecule has 1 saturated carbocycles. The number of unbranched alkanes of at least 4 members (excludes halogenated alkanes) is 7. The Hall–Kier alpha value is -1.64. The van der Waals surface area contributed by atoms with Crippen LogP contribution in [-0.2, 0) is 23.7 Å². The van der Waals surface area contributed by atoms with E-state index in [9.17, 15) is 9.59 Å². The summed E-state index contributed by atoms with van der Waals surface area (Å²) in [6.45, 7) is 10.4. The maximum Gasteiger partial charge on any atom is 0.407 e. The highest BCUT2D eigenvalue weighted by molar-refractivity contribution is 5.75. The van der Waals surface area contributed by atoms with Crippen molar-refractivity contribution >= 4 is 12.0 Å². The van der Waals surface area contributed by atoms with Crippen molar-refractivity contribution in [2.24, 2.45) is 5.92 Å². The van der Waals surface area contributed by atoms with E-state index in [1.54, 1.807) is 7.11 Å². The van der Waals surface area contributed by atoms with Crippen LogP contribution in [0.2, 0.25) is 0 Å². The van der Waals surface area contributed by atoms with Crippen molar-refractivity contribution in [2.45, 2.75) is 134 Å². The van der Waals surface area contributed by atoms with E-state index in [2.05, 4.69) is 37.5 Å². The second-order valence-corrected chi connectivity index (χ2v) is 11.8. The standard InChI is InChI=1S/C30H52N2O6/c1-6-25(33)31-19-13-11-9-7-8-10-12-14-20-32-28(34)37-23-17-18-30(21-36-30)27(26(23)35-5)29(4)24(38-29)16-15-22(2)3/h15,23-24,26-27H,6-14,16-21H2,1-5H3,(H,31,33)(H,32,34)/t23?,24-,26?,27?,29+,30+/m1/s1. The van der Waals surface area contributed by atoms with Crippen LogP contribution in [0.5, 0.6) is 0 Å². The number of carbonyl (C=O) groups excluding carboxylic acids is 2. The van der Waals surface area contributed by atoms with Crippen molar-refractivity contribution in [3.05, 3.63) is 11.6 Å². The van der Waals surface area contributed by atoms with Crippen LogP contribution in [0, 0.1) is 5.92 Å². The third kappa shape index (κ3) is 8.68. The van der Waals surface area contributed by atoms with E-state index >= 15 is 0 Å². The molecule has 218 valence electrons. The monoisotopic (exact) mass is 536 g/mol. The zero-order valence-electron chi connectivity index (χ0n) is 24.4. The highest BCUT2D eigenvalue weighted by Gasteiger charge is 2.72. The second-order valence-electron chi connectivity index (χ2n) is 11.8. The van der Waals surface area contributed by atoms with Gasteiger partial charge < -0.3 is 29.6 Å². The average molecular weight is 537 g/mol. The van der Waals surface area contributed by atoms with E-state index in [1.807, 2.05) is 6.92 Å². The molecule has 1 aliphatic carbocycles. The van der Waals surface area contributed by atoms with E-state index in [0.29, 0.717) is 13.0 Å². The summed E-state index contributed by atoms with van der Waals surface area (Å²) in [5, 5.41) is 5.86. The van der Waals surface area contributed by atoms with Crippen molar-refractivity contribution in [3.8, 4) is 0 Å². The Balaban J connectivity index is 1.30. The molecule has 8 heteroatoms. The lowest BCUT2D eigenvalue weighted by Gasteiger charge is -2.42. The lowest BCUT2D eigenvalue weighted by Crippen LogP contribution is -2.56. The molecule has 0 bridgehead atoms. The topological polar surface area (TPSA) is 102 Å². The van der Waals surface area contributed by atoms with Gasteiger partial charge in [-0.3, -0.25) is 4.79 Å². The van der Waals surface area contributed by atoms with E-state index in [0.717, 1.165) is 58.1 Å². The van der Waals surface area contributed by atoms with E-state index < -0.39 is 0 Å². The second kappa shape index (κ2) is 14.7. The Labute approximate surface area is 229 Å². The number of nitrogens with one attached hydrogen (secondary N) is 2. The van der Waals surface area contributed by atoms with Gasteiger partial charge in [-0.2, -0.15) is 0 Å². The van der Waals surface area contributed by atoms with Crippen molar-refractivity contribution in [1.82, 2.24) is 10.6 Å². The molecule has 8 nitrogen and oxygen atoms in total. The maximum atomic E-state index is 12.6. The van der Waals surface area contributed by atoms with Crippen molar-refractivity contribution < 1.29 is 28.5 Å². The predicted octanol–water partition coefficient (Wildman–Crippen LogP) is 5.44. The van der Waals surface area contributed by atoms with E-state index in [1.165, 1.54) is 31.3 Å². The molecule has 3 aliphatic rings. The minimum absolute atomic E-state index is 0.0391. The van der Waals surface area contributed by atoms with Gasteiger partial charge in [0.25, 0.3) is 0 Å². The van der Waals surface area contributed by atoms with Gasteiger partial charge in [0.15, 0.2) is 0 Å². The fourth-order valence-electron chi connectivity index (χ4n) is 6.10. The SMILES string of the molecule is CCC(=O)NCCCCCCCCCCNC(=O)OC1CC[C@]2(CO2)C([C@@]2(C)O[C@@H]2CC=C(C)C)C1OC. The molecule has 0 aromatic carbocycles. The van der Waals surface area contributed by atoms with Gasteiger partial charge in [0.2, 0.25) is 5.91 Å². The average Bonchev–Trinajstić information content (AvgIpc) is 3.81. The third-order valence-corrected chi connectivity index (χ3v) is 8.51. The van der Waals surface area contributed by atoms with Crippen LogP contribution in [0.4, 0.5) is 4.79 Å². The zero-order chi connectivity index (χ0) is 27.6. The molecule has 0 aromatic rings. The summed E-state index contributed by atoms with van der Waals surface area (Å²) in [5.74, 6) is 0.175. The first-order valence-electron chi connectivity index (χ1n) is 14.9. The van der Waals surface area contributed by atoms with Crippen molar-refractivity contribution in [1.29, 1.82) is 0 Å². The van der Waals surface area contributed by atoms with Gasteiger partial charge in [-0.15, -0.1) is 0 Å². The van der Waals surface area contributed by atoms with Gasteiger partial charge in [0, 0.05) is 26.6 Å². The number of carbonyl (C=O) groups is 2. The van der Waals surface area contributed by atoms with Crippen molar-refractivity contribution in [2.75, 3.05) is 26.8 Å². The summed E-state index contributed by atoms with van der Waals surface area (Å²) >= 11 is 0. The number of allylic oxidation sites excluding steroid dienone is 1. The van der Waals surface area contributed by atoms with Gasteiger partial charge in [0.05, 0.1) is 18.6 Å². The molecule has 6 atom stereocenters. The number of hydrogen-bond donors (Lipinski definition) is 2. The molecule has 3 rings (SSSR count). The van der Waals surface area contributed by atoms with Crippen LogP contribution in [0.15, 0.2) is 11.6 Å². The summed E-state index contributed by atoms with van der Waals surface area (Å²) in [6.07, 6.45) is 13.6. The van der Waals surface area contributed by atoms with Gasteiger partial charge >= 0.3 is 6.09 Å². The lowest BCUT2D eigenvalue weighted by molar-refractivity contribution is -0.120. The Bertz CT molecular complexity index is 794. The molecular weight excluding hydrogens is 484 g/mol. The summed E-state index contributed by atoms with van der Waals surface area (Å²) in [7, 11) is 1.70. The molecule has 3 fully saturated rings. The van der Waals surface area contributed by atoms with Crippen LogP contribution in [-0.4, -0.2) is 68.3 Å². The molecular formula is C30H52N2O6. The quantitative estimate of drug-likeness (QED) is 0.146. The predicted molar refractivity (Wildman–Crippen MR) is 148 cm³/mol. The first-order valence-corrected chi connectivity index (χ1v) is 14.9. The van der Waals surface area contributed by atoms with Crippen LogP contribution in [0.25, 0.3) is 0 Å². The molecule has 2 saturated heterocycles. The summed E-state index contributed by atoms with van der Waals surface area (Å²) < 4.78 is 24.1. The molecule has 3 unspecified atom stereocenters. The van der Waals surface area contributed by atoms with Gasteiger partial charge in [-0.25, -0.2) is 4.79 Å². The van der Waals surface area contributed by atoms with Gasteiger partial charge in [-0.05, 0) is 52.9 Å². The van der Waals surface area contributed by atoms with E-state index in [4.69, 9.17) is 18.9 Å². The lowest BCUT2D eigenvalue weighted by atomic mass is 9.68. The Kier molecular flexibility index (Phi) is 11.9. The minimum Gasteiger partial charge on any atom is -0.443 e. The van der Waals surface area contributed by atoms with Crippen LogP contribution in [0.1, 0.15) is 105 Å². The van der Waals surface area contributed by atoms with Crippen LogP contribution >= 0.6 is 0 Å². The summed E-state index contributed by atoms with van der Waals surface area (Å²) in [6, 6.07) is 0. The normalized spacial score (nSPS) is 31.5. The Morgan fingerprint density at radius 1 is 1.00 bits per heavy atom. The molecule has 38 heavy (non-hydrogen) atoms. The van der Waals surface area contributed by atoms with Gasteiger partial charge in [-0.1, -0.05) is 57.1 Å². The Morgan fingerprint density at radius 2 is 1.61 bits per heavy atom. The van der Waals surface area contributed by atoms with Crippen LogP contribution in [0.3, 0.4) is 0 Å². The van der Waals surface area contributed by atoms with Gasteiger partial charge in [0.1, 0.15) is 23.4 Å². The summed E-state index contributed by atoms with van der Waals surface area (Å²) in [5.41, 5.74) is 0.749. The Morgan fingerprint density at radius 3 is 2.16 bits per heavy atom. The molecule has 0 aromatic heterocycles. The smallest absolute Gasteiger partial charge is 0.407 e. The fraction of sp³-hybridized carbons (Fsp3) is 0.867. The molecule has 2 heterocycles. The molecule has 0 radical (unpaired) electrons. The minimum atomic E-state index is -0.360.